The van der Waals surface area contributed by atoms with Crippen molar-refractivity contribution in [1.29, 1.82) is 0 Å². The molecule has 0 bridgehead atoms. The molecule has 1 aliphatic carbocycles. The minimum Gasteiger partial charge on any atom is -0.496 e. The lowest BCUT2D eigenvalue weighted by Gasteiger charge is -2.26. The van der Waals surface area contributed by atoms with Gasteiger partial charge >= 0.3 is 0 Å². The second-order valence-electron chi connectivity index (χ2n) is 6.14. The summed E-state index contributed by atoms with van der Waals surface area (Å²) in [5.74, 6) is 1.48. The molecule has 7 heteroatoms. The van der Waals surface area contributed by atoms with E-state index in [-0.39, 0.29) is 5.91 Å². The third kappa shape index (κ3) is 3.85. The van der Waals surface area contributed by atoms with Crippen LogP contribution in [0.25, 0.3) is 6.08 Å². The Morgan fingerprint density at radius 3 is 2.80 bits per heavy atom. The number of hydrogen-bond donors (Lipinski definition) is 1. The number of methoxy groups -OCH3 is 1. The molecule has 0 aliphatic heterocycles. The zero-order valence-corrected chi connectivity index (χ0v) is 15.0. The van der Waals surface area contributed by atoms with Gasteiger partial charge in [0.05, 0.1) is 7.11 Å². The Morgan fingerprint density at radius 2 is 2.16 bits per heavy atom. The molecule has 1 aromatic heterocycles. The molecule has 1 saturated carbocycles. The number of nitrogens with zero attached hydrogens (tertiary/aromatic N) is 2. The Labute approximate surface area is 151 Å². The zero-order valence-electron chi connectivity index (χ0n) is 14.2. The molecule has 3 rings (SSSR count). The topological polar surface area (TPSA) is 77.2 Å². The second-order valence-corrected chi connectivity index (χ2v) is 6.57. The van der Waals surface area contributed by atoms with E-state index in [2.05, 4.69) is 15.5 Å². The first-order valence-corrected chi connectivity index (χ1v) is 8.55. The summed E-state index contributed by atoms with van der Waals surface area (Å²) >= 11 is 6.01. The van der Waals surface area contributed by atoms with E-state index < -0.39 is 5.54 Å². The smallest absolute Gasteiger partial charge is 0.244 e. The van der Waals surface area contributed by atoms with Crippen LogP contribution < -0.4 is 10.1 Å². The van der Waals surface area contributed by atoms with Crippen molar-refractivity contribution in [3.05, 3.63) is 46.6 Å². The van der Waals surface area contributed by atoms with Gasteiger partial charge in [-0.1, -0.05) is 29.6 Å². The molecule has 0 spiro atoms. The number of halogens is 1. The van der Waals surface area contributed by atoms with E-state index in [9.17, 15) is 4.79 Å². The highest BCUT2D eigenvalue weighted by atomic mass is 35.5. The van der Waals surface area contributed by atoms with Crippen LogP contribution in [-0.2, 0) is 10.3 Å². The molecule has 0 unspecified atom stereocenters. The van der Waals surface area contributed by atoms with Gasteiger partial charge in [-0.15, -0.1) is 0 Å². The Kier molecular flexibility index (Phi) is 5.08. The van der Waals surface area contributed by atoms with Crippen molar-refractivity contribution in [2.75, 3.05) is 7.11 Å². The van der Waals surface area contributed by atoms with Crippen LogP contribution in [-0.4, -0.2) is 23.2 Å². The molecule has 1 aromatic carbocycles. The summed E-state index contributed by atoms with van der Waals surface area (Å²) in [7, 11) is 1.58. The van der Waals surface area contributed by atoms with Crippen molar-refractivity contribution in [3.8, 4) is 5.75 Å². The Balaban J connectivity index is 1.78. The number of rotatable bonds is 5. The molecular formula is C18H20ClN3O3. The van der Waals surface area contributed by atoms with Crippen molar-refractivity contribution in [2.45, 2.75) is 38.1 Å². The number of hydrogen-bond acceptors (Lipinski definition) is 5. The first-order chi connectivity index (χ1) is 12.0. The highest BCUT2D eigenvalue weighted by Crippen LogP contribution is 2.37. The summed E-state index contributed by atoms with van der Waals surface area (Å²) in [6, 6.07) is 5.25. The van der Waals surface area contributed by atoms with Gasteiger partial charge in [0.25, 0.3) is 0 Å². The highest BCUT2D eigenvalue weighted by Gasteiger charge is 2.40. The fourth-order valence-corrected chi connectivity index (χ4v) is 3.34. The molecule has 0 radical (unpaired) electrons. The van der Waals surface area contributed by atoms with Crippen LogP contribution in [0.4, 0.5) is 0 Å². The first-order valence-electron chi connectivity index (χ1n) is 8.17. The van der Waals surface area contributed by atoms with E-state index in [0.717, 1.165) is 31.2 Å². The van der Waals surface area contributed by atoms with Gasteiger partial charge in [-0.05, 0) is 37.1 Å². The Bertz CT molecular complexity index is 795. The molecular weight excluding hydrogens is 342 g/mol. The lowest BCUT2D eigenvalue weighted by Crippen LogP contribution is -2.44. The van der Waals surface area contributed by atoms with Crippen LogP contribution in [0.15, 0.2) is 28.8 Å². The van der Waals surface area contributed by atoms with Gasteiger partial charge in [-0.3, -0.25) is 4.79 Å². The first kappa shape index (κ1) is 17.5. The van der Waals surface area contributed by atoms with Crippen LogP contribution in [0.2, 0.25) is 5.02 Å². The highest BCUT2D eigenvalue weighted by molar-refractivity contribution is 6.30. The predicted octanol–water partition coefficient (Wildman–Crippen LogP) is 3.64. The van der Waals surface area contributed by atoms with Crippen LogP contribution in [0.3, 0.4) is 0 Å². The Morgan fingerprint density at radius 1 is 1.40 bits per heavy atom. The lowest BCUT2D eigenvalue weighted by atomic mass is 9.96. The third-order valence-electron chi connectivity index (χ3n) is 4.38. The fourth-order valence-electron chi connectivity index (χ4n) is 3.16. The van der Waals surface area contributed by atoms with Crippen molar-refractivity contribution < 1.29 is 14.1 Å². The number of nitrogens with one attached hydrogen (secondary N) is 1. The fraction of sp³-hybridized carbons (Fsp3) is 0.389. The van der Waals surface area contributed by atoms with Gasteiger partial charge in [-0.25, -0.2) is 0 Å². The zero-order chi connectivity index (χ0) is 17.9. The number of amides is 1. The van der Waals surface area contributed by atoms with Gasteiger partial charge in [0, 0.05) is 23.6 Å². The second kappa shape index (κ2) is 7.27. The third-order valence-corrected chi connectivity index (χ3v) is 4.62. The van der Waals surface area contributed by atoms with E-state index in [0.29, 0.717) is 22.5 Å². The van der Waals surface area contributed by atoms with E-state index in [1.54, 1.807) is 38.3 Å². The van der Waals surface area contributed by atoms with Gasteiger partial charge in [0.15, 0.2) is 5.82 Å². The minimum absolute atomic E-state index is 0.216. The molecule has 1 heterocycles. The summed E-state index contributed by atoms with van der Waals surface area (Å²) in [6.07, 6.45) is 6.78. The van der Waals surface area contributed by atoms with E-state index in [1.165, 1.54) is 6.08 Å². The molecule has 1 aliphatic rings. The van der Waals surface area contributed by atoms with Gasteiger partial charge < -0.3 is 14.6 Å². The standard InChI is InChI=1S/C18H20ClN3O3/c1-12-20-17(22-25-12)18(9-3-4-10-18)21-16(23)8-5-13-11-14(19)6-7-15(13)24-2/h5-8,11H,3-4,9-10H2,1-2H3,(H,21,23). The molecule has 1 fully saturated rings. The molecule has 1 amide bonds. The number of ether oxygens (including phenoxy) is 1. The average Bonchev–Trinajstić information content (AvgIpc) is 3.23. The van der Waals surface area contributed by atoms with E-state index >= 15 is 0 Å². The normalized spacial score (nSPS) is 16.3. The maximum atomic E-state index is 12.5. The van der Waals surface area contributed by atoms with E-state index in [4.69, 9.17) is 20.9 Å². The maximum absolute atomic E-state index is 12.5. The van der Waals surface area contributed by atoms with Crippen molar-refractivity contribution in [3.63, 3.8) is 0 Å². The van der Waals surface area contributed by atoms with Crippen molar-refractivity contribution in [2.24, 2.45) is 0 Å². The van der Waals surface area contributed by atoms with Crippen LogP contribution in [0.5, 0.6) is 5.75 Å². The lowest BCUT2D eigenvalue weighted by molar-refractivity contribution is -0.118. The summed E-state index contributed by atoms with van der Waals surface area (Å²) in [5, 5.41) is 7.66. The van der Waals surface area contributed by atoms with Gasteiger partial charge in [0.2, 0.25) is 11.8 Å². The van der Waals surface area contributed by atoms with Gasteiger partial charge in [0.1, 0.15) is 11.3 Å². The maximum Gasteiger partial charge on any atom is 0.244 e. The number of carbonyl (C=O) groups excluding carboxylic acids is 1. The molecule has 0 atom stereocenters. The monoisotopic (exact) mass is 361 g/mol. The average molecular weight is 362 g/mol. The summed E-state index contributed by atoms with van der Waals surface area (Å²) in [4.78, 5) is 16.8. The Hall–Kier alpha value is -2.34. The van der Waals surface area contributed by atoms with Crippen LogP contribution >= 0.6 is 11.6 Å². The number of benzene rings is 1. The quantitative estimate of drug-likeness (QED) is 0.823. The molecule has 25 heavy (non-hydrogen) atoms. The number of aromatic nitrogens is 2. The van der Waals surface area contributed by atoms with Crippen molar-refractivity contribution >= 4 is 23.6 Å². The summed E-state index contributed by atoms with van der Waals surface area (Å²) in [5.41, 5.74) is 0.179. The van der Waals surface area contributed by atoms with Crippen LogP contribution in [0, 0.1) is 6.92 Å². The van der Waals surface area contributed by atoms with E-state index in [1.807, 2.05) is 0 Å². The van der Waals surface area contributed by atoms with Crippen molar-refractivity contribution in [1.82, 2.24) is 15.5 Å². The predicted molar refractivity (Wildman–Crippen MR) is 94.4 cm³/mol. The van der Waals surface area contributed by atoms with Crippen LogP contribution in [0.1, 0.15) is 43.0 Å². The summed E-state index contributed by atoms with van der Waals surface area (Å²) in [6.45, 7) is 1.74. The molecule has 0 saturated heterocycles. The number of aryl methyl sites for hydroxylation is 1. The SMILES string of the molecule is COc1ccc(Cl)cc1C=CC(=O)NC1(c2noc(C)n2)CCCC1. The minimum atomic E-state index is -0.558. The van der Waals surface area contributed by atoms with Gasteiger partial charge in [-0.2, -0.15) is 4.98 Å². The number of carbonyl (C=O) groups is 1. The largest absolute Gasteiger partial charge is 0.496 e. The molecule has 6 nitrogen and oxygen atoms in total. The molecule has 2 aromatic rings. The summed E-state index contributed by atoms with van der Waals surface area (Å²) < 4.78 is 10.4. The molecule has 132 valence electrons. The molecule has 1 N–H and O–H groups in total.